The lowest BCUT2D eigenvalue weighted by Crippen LogP contribution is -2.34. The van der Waals surface area contributed by atoms with Gasteiger partial charge in [-0.2, -0.15) is 0 Å². The Kier molecular flexibility index (Phi) is 4.46. The van der Waals surface area contributed by atoms with Crippen molar-refractivity contribution in [2.45, 2.75) is 26.3 Å². The van der Waals surface area contributed by atoms with Gasteiger partial charge in [0, 0.05) is 24.1 Å². The summed E-state index contributed by atoms with van der Waals surface area (Å²) in [7, 11) is 1.98. The minimum absolute atomic E-state index is 0.813. The lowest BCUT2D eigenvalue weighted by molar-refractivity contribution is 0.446. The van der Waals surface area contributed by atoms with Crippen LogP contribution in [0.2, 0.25) is 0 Å². The highest BCUT2D eigenvalue weighted by atomic mass is 79.9. The van der Waals surface area contributed by atoms with Crippen LogP contribution >= 0.6 is 15.9 Å². The maximum absolute atomic E-state index is 3.70. The van der Waals surface area contributed by atoms with E-state index in [1.807, 2.05) is 7.05 Å². The normalized spacial score (nSPS) is 20.6. The second-order valence-electron chi connectivity index (χ2n) is 5.01. The van der Waals surface area contributed by atoms with Crippen LogP contribution in [0.4, 0.5) is 5.69 Å². The standard InChI is InChI=1S/C14H21BrN2/c1-11-4-3-7-17(10-11)14-6-5-12(9-16-2)8-13(14)15/h5-6,8,11,16H,3-4,7,9-10H2,1-2H3. The first-order chi connectivity index (χ1) is 8.20. The molecule has 1 aromatic rings. The molecule has 3 heteroatoms. The molecule has 0 saturated carbocycles. The highest BCUT2D eigenvalue weighted by Gasteiger charge is 2.18. The van der Waals surface area contributed by atoms with Crippen LogP contribution in [0.15, 0.2) is 22.7 Å². The molecule has 0 bridgehead atoms. The van der Waals surface area contributed by atoms with Crippen molar-refractivity contribution in [3.05, 3.63) is 28.2 Å². The van der Waals surface area contributed by atoms with E-state index in [1.54, 1.807) is 0 Å². The first kappa shape index (κ1) is 12.9. The van der Waals surface area contributed by atoms with Crippen molar-refractivity contribution in [2.24, 2.45) is 5.92 Å². The first-order valence-corrected chi connectivity index (χ1v) is 7.18. The van der Waals surface area contributed by atoms with E-state index in [-0.39, 0.29) is 0 Å². The first-order valence-electron chi connectivity index (χ1n) is 6.38. The number of hydrogen-bond acceptors (Lipinski definition) is 2. The fraction of sp³-hybridized carbons (Fsp3) is 0.571. The molecule has 1 N–H and O–H groups in total. The van der Waals surface area contributed by atoms with Gasteiger partial charge in [-0.25, -0.2) is 0 Å². The molecule has 1 heterocycles. The van der Waals surface area contributed by atoms with Crippen LogP contribution in [0, 0.1) is 5.92 Å². The van der Waals surface area contributed by atoms with Gasteiger partial charge in [0.2, 0.25) is 0 Å². The third-order valence-electron chi connectivity index (χ3n) is 3.39. The molecule has 1 aliphatic rings. The largest absolute Gasteiger partial charge is 0.370 e. The third kappa shape index (κ3) is 3.23. The smallest absolute Gasteiger partial charge is 0.0510 e. The Morgan fingerprint density at radius 1 is 1.47 bits per heavy atom. The number of nitrogens with zero attached hydrogens (tertiary/aromatic N) is 1. The maximum Gasteiger partial charge on any atom is 0.0510 e. The van der Waals surface area contributed by atoms with Gasteiger partial charge >= 0.3 is 0 Å². The fourth-order valence-corrected chi connectivity index (χ4v) is 3.21. The number of rotatable bonds is 3. The highest BCUT2D eigenvalue weighted by Crippen LogP contribution is 2.30. The third-order valence-corrected chi connectivity index (χ3v) is 4.03. The molecule has 17 heavy (non-hydrogen) atoms. The lowest BCUT2D eigenvalue weighted by atomic mass is 9.99. The second-order valence-corrected chi connectivity index (χ2v) is 5.86. The Bertz CT molecular complexity index is 378. The van der Waals surface area contributed by atoms with Crippen molar-refractivity contribution < 1.29 is 0 Å². The van der Waals surface area contributed by atoms with Crippen molar-refractivity contribution in [3.63, 3.8) is 0 Å². The number of benzene rings is 1. The quantitative estimate of drug-likeness (QED) is 0.920. The van der Waals surface area contributed by atoms with Gasteiger partial charge in [0.25, 0.3) is 0 Å². The van der Waals surface area contributed by atoms with Crippen LogP contribution in [-0.2, 0) is 6.54 Å². The summed E-state index contributed by atoms with van der Waals surface area (Å²) in [6.07, 6.45) is 2.68. The van der Waals surface area contributed by atoms with Gasteiger partial charge in [-0.3, -0.25) is 0 Å². The van der Waals surface area contributed by atoms with Crippen LogP contribution in [0.3, 0.4) is 0 Å². The maximum atomic E-state index is 3.70. The predicted molar refractivity (Wildman–Crippen MR) is 77.5 cm³/mol. The van der Waals surface area contributed by atoms with Gasteiger partial charge in [0.15, 0.2) is 0 Å². The average Bonchev–Trinajstić information content (AvgIpc) is 2.29. The van der Waals surface area contributed by atoms with Gasteiger partial charge in [-0.15, -0.1) is 0 Å². The Hall–Kier alpha value is -0.540. The molecule has 1 saturated heterocycles. The molecule has 94 valence electrons. The van der Waals surface area contributed by atoms with Crippen LogP contribution < -0.4 is 10.2 Å². The average molecular weight is 297 g/mol. The summed E-state index contributed by atoms with van der Waals surface area (Å²) in [4.78, 5) is 2.50. The Balaban J connectivity index is 2.15. The van der Waals surface area contributed by atoms with Crippen molar-refractivity contribution >= 4 is 21.6 Å². The zero-order valence-corrected chi connectivity index (χ0v) is 12.3. The zero-order chi connectivity index (χ0) is 12.3. The summed E-state index contributed by atoms with van der Waals surface area (Å²) in [5, 5.41) is 3.18. The van der Waals surface area contributed by atoms with E-state index < -0.39 is 0 Å². The number of halogens is 1. The Morgan fingerprint density at radius 3 is 2.94 bits per heavy atom. The summed E-state index contributed by atoms with van der Waals surface area (Å²) in [5.74, 6) is 0.813. The van der Waals surface area contributed by atoms with E-state index >= 15 is 0 Å². The molecule has 1 atom stereocenters. The van der Waals surface area contributed by atoms with Crippen LogP contribution in [-0.4, -0.2) is 20.1 Å². The van der Waals surface area contributed by atoms with E-state index in [1.165, 1.54) is 41.7 Å². The number of nitrogens with one attached hydrogen (secondary N) is 1. The van der Waals surface area contributed by atoms with Gasteiger partial charge in [0.05, 0.1) is 5.69 Å². The summed E-state index contributed by atoms with van der Waals surface area (Å²) in [6, 6.07) is 6.69. The molecule has 0 amide bonds. The van der Waals surface area contributed by atoms with Crippen molar-refractivity contribution in [1.82, 2.24) is 5.32 Å². The van der Waals surface area contributed by atoms with Gasteiger partial charge < -0.3 is 10.2 Å². The van der Waals surface area contributed by atoms with Crippen LogP contribution in [0.25, 0.3) is 0 Å². The van der Waals surface area contributed by atoms with E-state index in [0.717, 1.165) is 12.5 Å². The van der Waals surface area contributed by atoms with Crippen LogP contribution in [0.5, 0.6) is 0 Å². The fourth-order valence-electron chi connectivity index (χ4n) is 2.53. The second kappa shape index (κ2) is 5.87. The number of hydrogen-bond donors (Lipinski definition) is 1. The topological polar surface area (TPSA) is 15.3 Å². The van der Waals surface area contributed by atoms with E-state index in [9.17, 15) is 0 Å². The molecule has 0 aromatic heterocycles. The molecule has 2 rings (SSSR count). The molecule has 1 aliphatic heterocycles. The molecular formula is C14H21BrN2. The SMILES string of the molecule is CNCc1ccc(N2CCCC(C)C2)c(Br)c1. The van der Waals surface area contributed by atoms with Crippen LogP contribution in [0.1, 0.15) is 25.3 Å². The van der Waals surface area contributed by atoms with Gasteiger partial charge in [0.1, 0.15) is 0 Å². The van der Waals surface area contributed by atoms with Crippen molar-refractivity contribution in [1.29, 1.82) is 0 Å². The highest BCUT2D eigenvalue weighted by molar-refractivity contribution is 9.10. The number of anilines is 1. The summed E-state index contributed by atoms with van der Waals surface area (Å²) in [5.41, 5.74) is 2.67. The van der Waals surface area contributed by atoms with E-state index in [2.05, 4.69) is 51.3 Å². The molecule has 1 aromatic carbocycles. The summed E-state index contributed by atoms with van der Waals surface area (Å²) in [6.45, 7) is 5.64. The Morgan fingerprint density at radius 2 is 2.29 bits per heavy atom. The summed E-state index contributed by atoms with van der Waals surface area (Å²) < 4.78 is 1.22. The summed E-state index contributed by atoms with van der Waals surface area (Å²) >= 11 is 3.70. The van der Waals surface area contributed by atoms with Gasteiger partial charge in [-0.05, 0) is 59.4 Å². The zero-order valence-electron chi connectivity index (χ0n) is 10.7. The van der Waals surface area contributed by atoms with Crippen molar-refractivity contribution in [2.75, 3.05) is 25.0 Å². The molecule has 0 spiro atoms. The monoisotopic (exact) mass is 296 g/mol. The van der Waals surface area contributed by atoms with Crippen molar-refractivity contribution in [3.8, 4) is 0 Å². The lowest BCUT2D eigenvalue weighted by Gasteiger charge is -2.33. The van der Waals surface area contributed by atoms with E-state index in [4.69, 9.17) is 0 Å². The molecule has 1 fully saturated rings. The van der Waals surface area contributed by atoms with Gasteiger partial charge in [-0.1, -0.05) is 13.0 Å². The predicted octanol–water partition coefficient (Wildman–Crippen LogP) is 3.40. The Labute approximate surface area is 113 Å². The number of piperidine rings is 1. The molecule has 2 nitrogen and oxygen atoms in total. The molecule has 1 unspecified atom stereocenters. The van der Waals surface area contributed by atoms with E-state index in [0.29, 0.717) is 0 Å². The minimum Gasteiger partial charge on any atom is -0.370 e. The molecule has 0 aliphatic carbocycles. The molecular weight excluding hydrogens is 276 g/mol. The minimum atomic E-state index is 0.813. The molecule has 0 radical (unpaired) electrons.